The molecule has 0 saturated carbocycles. The lowest BCUT2D eigenvalue weighted by atomic mass is 10.3. The lowest BCUT2D eigenvalue weighted by Crippen LogP contribution is -2.14. The molecule has 0 aliphatic carbocycles. The van der Waals surface area contributed by atoms with E-state index in [1.54, 1.807) is 18.2 Å². The first-order chi connectivity index (χ1) is 9.10. The Hall–Kier alpha value is -2.34. The van der Waals surface area contributed by atoms with Crippen molar-refractivity contribution >= 4 is 17.4 Å². The second-order valence-electron chi connectivity index (χ2n) is 3.52. The molecule has 0 fully saturated rings. The fourth-order valence-electron chi connectivity index (χ4n) is 1.33. The molecule has 98 valence electrons. The van der Waals surface area contributed by atoms with Gasteiger partial charge in [-0.2, -0.15) is 0 Å². The van der Waals surface area contributed by atoms with Gasteiger partial charge in [0.1, 0.15) is 17.3 Å². The molecule has 7 heteroatoms. The summed E-state index contributed by atoms with van der Waals surface area (Å²) in [6, 6.07) is 8.73. The van der Waals surface area contributed by atoms with E-state index in [1.165, 1.54) is 12.1 Å². The highest BCUT2D eigenvalue weighted by atomic mass is 35.5. The van der Waals surface area contributed by atoms with Gasteiger partial charge in [0.25, 0.3) is 0 Å². The average molecular weight is 282 g/mol. The molecule has 5 nitrogen and oxygen atoms in total. The summed E-state index contributed by atoms with van der Waals surface area (Å²) in [5, 5.41) is 11.4. The van der Waals surface area contributed by atoms with Gasteiger partial charge in [0, 0.05) is 12.1 Å². The smallest absolute Gasteiger partial charge is 0.219 e. The van der Waals surface area contributed by atoms with Crippen LogP contribution in [-0.4, -0.2) is 16.0 Å². The first-order valence-corrected chi connectivity index (χ1v) is 5.56. The molecule has 0 unspecified atom stereocenters. The zero-order chi connectivity index (χ0) is 13.8. The summed E-state index contributed by atoms with van der Waals surface area (Å²) in [5.41, 5.74) is 5.65. The molecule has 19 heavy (non-hydrogen) atoms. The Morgan fingerprint density at radius 2 is 2.16 bits per heavy atom. The van der Waals surface area contributed by atoms with Gasteiger partial charge in [0.2, 0.25) is 5.88 Å². The van der Waals surface area contributed by atoms with E-state index in [0.29, 0.717) is 0 Å². The third-order valence-electron chi connectivity index (χ3n) is 2.21. The normalized spacial score (nSPS) is 11.4. The lowest BCUT2D eigenvalue weighted by molar-refractivity contribution is 0.318. The summed E-state index contributed by atoms with van der Waals surface area (Å²) in [6.45, 7) is 0. The van der Waals surface area contributed by atoms with Crippen molar-refractivity contribution in [2.75, 3.05) is 0 Å². The summed E-state index contributed by atoms with van der Waals surface area (Å²) in [4.78, 5) is 4.00. The molecule has 3 N–H and O–H groups in total. The number of halogens is 2. The first-order valence-electron chi connectivity index (χ1n) is 5.18. The lowest BCUT2D eigenvalue weighted by Gasteiger charge is -2.06. The van der Waals surface area contributed by atoms with Gasteiger partial charge in [-0.05, 0) is 18.2 Å². The van der Waals surface area contributed by atoms with Gasteiger partial charge in [0.15, 0.2) is 5.84 Å². The topological polar surface area (TPSA) is 80.7 Å². The van der Waals surface area contributed by atoms with Crippen LogP contribution in [0, 0.1) is 5.82 Å². The highest BCUT2D eigenvalue weighted by Gasteiger charge is 2.06. The van der Waals surface area contributed by atoms with Crippen molar-refractivity contribution in [3.8, 4) is 11.6 Å². The fraction of sp³-hybridized carbons (Fsp3) is 0. The van der Waals surface area contributed by atoms with Gasteiger partial charge in [-0.15, -0.1) is 0 Å². The van der Waals surface area contributed by atoms with Crippen LogP contribution >= 0.6 is 11.6 Å². The number of pyridine rings is 1. The molecule has 0 saturated heterocycles. The Balaban J connectivity index is 2.26. The maximum Gasteiger partial charge on any atom is 0.219 e. The van der Waals surface area contributed by atoms with E-state index < -0.39 is 5.82 Å². The van der Waals surface area contributed by atoms with Crippen molar-refractivity contribution in [2.45, 2.75) is 0 Å². The number of hydrogen-bond acceptors (Lipinski definition) is 4. The Kier molecular flexibility index (Phi) is 3.82. The number of oxime groups is 1. The van der Waals surface area contributed by atoms with E-state index in [2.05, 4.69) is 10.1 Å². The Morgan fingerprint density at radius 3 is 2.84 bits per heavy atom. The Bertz CT molecular complexity index is 634. The number of nitrogens with zero attached hydrogens (tertiary/aromatic N) is 2. The molecule has 2 aromatic rings. The second-order valence-corrected chi connectivity index (χ2v) is 3.93. The van der Waals surface area contributed by atoms with Crippen LogP contribution in [-0.2, 0) is 0 Å². The molecular formula is C12H9ClFN3O2. The zero-order valence-corrected chi connectivity index (χ0v) is 10.3. The minimum atomic E-state index is -0.591. The van der Waals surface area contributed by atoms with Crippen molar-refractivity contribution in [3.05, 3.63) is 52.9 Å². The summed E-state index contributed by atoms with van der Waals surface area (Å²) < 4.78 is 18.6. The van der Waals surface area contributed by atoms with Crippen LogP contribution in [0.2, 0.25) is 5.02 Å². The third kappa shape index (κ3) is 3.11. The van der Waals surface area contributed by atoms with Crippen LogP contribution in [0.4, 0.5) is 4.39 Å². The highest BCUT2D eigenvalue weighted by Crippen LogP contribution is 2.24. The molecule has 0 radical (unpaired) electrons. The van der Waals surface area contributed by atoms with Crippen molar-refractivity contribution in [1.82, 2.24) is 4.98 Å². The molecule has 0 aliphatic rings. The van der Waals surface area contributed by atoms with E-state index in [4.69, 9.17) is 27.3 Å². The number of aromatic nitrogens is 1. The van der Waals surface area contributed by atoms with Crippen LogP contribution in [0.3, 0.4) is 0 Å². The van der Waals surface area contributed by atoms with Gasteiger partial charge in [-0.1, -0.05) is 22.8 Å². The van der Waals surface area contributed by atoms with E-state index in [1.807, 2.05) is 0 Å². The number of benzene rings is 1. The standard InChI is InChI=1S/C12H9ClFN3O2/c13-8-5-4-7(6-9(8)14)19-11-3-1-2-10(16-11)12(15)17-18/h1-6,18H,(H2,15,17). The summed E-state index contributed by atoms with van der Waals surface area (Å²) in [5.74, 6) is -0.309. The Labute approximate surface area is 113 Å². The van der Waals surface area contributed by atoms with Crippen molar-refractivity contribution in [1.29, 1.82) is 0 Å². The zero-order valence-electron chi connectivity index (χ0n) is 9.55. The third-order valence-corrected chi connectivity index (χ3v) is 2.51. The molecule has 0 spiro atoms. The molecule has 0 atom stereocenters. The maximum atomic E-state index is 13.2. The van der Waals surface area contributed by atoms with Crippen LogP contribution < -0.4 is 10.5 Å². The SMILES string of the molecule is N/C(=N/O)c1cccc(Oc2ccc(Cl)c(F)c2)n1. The minimum absolute atomic E-state index is 0.00529. The van der Waals surface area contributed by atoms with Gasteiger partial charge in [0.05, 0.1) is 5.02 Å². The number of rotatable bonds is 3. The fourth-order valence-corrected chi connectivity index (χ4v) is 1.44. The van der Waals surface area contributed by atoms with Crippen LogP contribution in [0.25, 0.3) is 0 Å². The molecule has 1 heterocycles. The van der Waals surface area contributed by atoms with Crippen LogP contribution in [0.15, 0.2) is 41.6 Å². The van der Waals surface area contributed by atoms with E-state index in [0.717, 1.165) is 6.07 Å². The van der Waals surface area contributed by atoms with Crippen molar-refractivity contribution in [2.24, 2.45) is 10.9 Å². The molecule has 0 aliphatic heterocycles. The van der Waals surface area contributed by atoms with E-state index >= 15 is 0 Å². The second kappa shape index (κ2) is 5.53. The van der Waals surface area contributed by atoms with Gasteiger partial charge < -0.3 is 15.7 Å². The molecule has 2 rings (SSSR count). The minimum Gasteiger partial charge on any atom is -0.439 e. The van der Waals surface area contributed by atoms with E-state index in [9.17, 15) is 4.39 Å². The predicted molar refractivity (Wildman–Crippen MR) is 68.2 cm³/mol. The van der Waals surface area contributed by atoms with Crippen molar-refractivity contribution in [3.63, 3.8) is 0 Å². The Morgan fingerprint density at radius 1 is 1.37 bits per heavy atom. The van der Waals surface area contributed by atoms with Crippen molar-refractivity contribution < 1.29 is 14.3 Å². The quantitative estimate of drug-likeness (QED) is 0.392. The summed E-state index contributed by atoms with van der Waals surface area (Å²) >= 11 is 5.56. The number of ether oxygens (including phenoxy) is 1. The molecule has 1 aromatic carbocycles. The van der Waals surface area contributed by atoms with Gasteiger partial charge >= 0.3 is 0 Å². The van der Waals surface area contributed by atoms with Crippen LogP contribution in [0.5, 0.6) is 11.6 Å². The number of hydrogen-bond donors (Lipinski definition) is 2. The highest BCUT2D eigenvalue weighted by molar-refractivity contribution is 6.30. The summed E-state index contributed by atoms with van der Waals surface area (Å²) in [7, 11) is 0. The molecule has 1 aromatic heterocycles. The first kappa shape index (κ1) is 13.1. The largest absolute Gasteiger partial charge is 0.439 e. The molecular weight excluding hydrogens is 273 g/mol. The van der Waals surface area contributed by atoms with Gasteiger partial charge in [-0.25, -0.2) is 9.37 Å². The maximum absolute atomic E-state index is 13.2. The number of nitrogens with two attached hydrogens (primary N) is 1. The monoisotopic (exact) mass is 281 g/mol. The van der Waals surface area contributed by atoms with E-state index in [-0.39, 0.29) is 28.2 Å². The number of amidine groups is 1. The molecule has 0 bridgehead atoms. The van der Waals surface area contributed by atoms with Gasteiger partial charge in [-0.3, -0.25) is 0 Å². The molecule has 0 amide bonds. The van der Waals surface area contributed by atoms with Crippen LogP contribution in [0.1, 0.15) is 5.69 Å². The predicted octanol–water partition coefficient (Wildman–Crippen LogP) is 2.76. The average Bonchev–Trinajstić information content (AvgIpc) is 2.42. The summed E-state index contributed by atoms with van der Waals surface area (Å²) in [6.07, 6.45) is 0.